The zero-order valence-electron chi connectivity index (χ0n) is 14.8. The number of carbonyl (C=O) groups is 3. The Morgan fingerprint density at radius 3 is 2.26 bits per heavy atom. The number of amides is 2. The van der Waals surface area contributed by atoms with Gasteiger partial charge in [0.05, 0.1) is 0 Å². The van der Waals surface area contributed by atoms with E-state index in [0.717, 1.165) is 0 Å². The van der Waals surface area contributed by atoms with Gasteiger partial charge in [0.1, 0.15) is 5.75 Å². The molecule has 2 N–H and O–H groups in total. The van der Waals surface area contributed by atoms with E-state index in [2.05, 4.69) is 10.6 Å². The Bertz CT molecular complexity index is 823. The lowest BCUT2D eigenvalue weighted by molar-refractivity contribution is -0.155. The zero-order chi connectivity index (χ0) is 19.8. The molecule has 0 unspecified atom stereocenters. The van der Waals surface area contributed by atoms with Crippen LogP contribution in [0.15, 0.2) is 48.5 Å². The molecule has 0 aliphatic carbocycles. The Hall–Kier alpha value is -3.06. The standard InChI is InChI=1S/C19H19ClN2O5/c1-12(27-18(24)11-26-17-5-3-4-14(20)10-17)19(25)22-16-8-6-15(7-9-16)21-13(2)23/h3-10,12H,11H2,1-2H3,(H,21,23)(H,22,25)/t12-/m1/s1. The molecule has 142 valence electrons. The minimum atomic E-state index is -1.00. The fraction of sp³-hybridized carbons (Fsp3) is 0.211. The van der Waals surface area contributed by atoms with Gasteiger partial charge in [0, 0.05) is 23.3 Å². The number of anilines is 2. The number of halogens is 1. The van der Waals surface area contributed by atoms with Crippen molar-refractivity contribution in [3.05, 3.63) is 53.6 Å². The summed E-state index contributed by atoms with van der Waals surface area (Å²) < 4.78 is 10.3. The first-order valence-electron chi connectivity index (χ1n) is 8.10. The number of ether oxygens (including phenoxy) is 2. The second-order valence-corrected chi connectivity index (χ2v) is 6.06. The van der Waals surface area contributed by atoms with Crippen molar-refractivity contribution in [1.82, 2.24) is 0 Å². The van der Waals surface area contributed by atoms with E-state index in [1.165, 1.54) is 13.8 Å². The van der Waals surface area contributed by atoms with Gasteiger partial charge in [-0.25, -0.2) is 4.79 Å². The van der Waals surface area contributed by atoms with Crippen LogP contribution in [0.4, 0.5) is 11.4 Å². The molecule has 0 aliphatic heterocycles. The molecule has 0 spiro atoms. The van der Waals surface area contributed by atoms with Gasteiger partial charge in [-0.2, -0.15) is 0 Å². The van der Waals surface area contributed by atoms with Gasteiger partial charge in [0.15, 0.2) is 12.7 Å². The normalized spacial score (nSPS) is 11.2. The van der Waals surface area contributed by atoms with E-state index in [9.17, 15) is 14.4 Å². The van der Waals surface area contributed by atoms with E-state index < -0.39 is 18.0 Å². The van der Waals surface area contributed by atoms with Gasteiger partial charge in [-0.1, -0.05) is 17.7 Å². The van der Waals surface area contributed by atoms with Gasteiger partial charge in [-0.3, -0.25) is 9.59 Å². The molecular formula is C19H19ClN2O5. The van der Waals surface area contributed by atoms with Gasteiger partial charge in [0.2, 0.25) is 5.91 Å². The number of benzene rings is 2. The number of carbonyl (C=O) groups excluding carboxylic acids is 3. The molecule has 0 aromatic heterocycles. The lowest BCUT2D eigenvalue weighted by atomic mass is 10.2. The van der Waals surface area contributed by atoms with E-state index in [1.54, 1.807) is 48.5 Å². The summed E-state index contributed by atoms with van der Waals surface area (Å²) in [7, 11) is 0. The van der Waals surface area contributed by atoms with E-state index in [0.29, 0.717) is 22.1 Å². The third kappa shape index (κ3) is 6.99. The molecule has 2 amide bonds. The predicted molar refractivity (Wildman–Crippen MR) is 102 cm³/mol. The van der Waals surface area contributed by atoms with Gasteiger partial charge in [-0.05, 0) is 49.4 Å². The molecule has 0 fully saturated rings. The predicted octanol–water partition coefficient (Wildman–Crippen LogP) is 3.25. The van der Waals surface area contributed by atoms with Crippen LogP contribution in [0.1, 0.15) is 13.8 Å². The summed E-state index contributed by atoms with van der Waals surface area (Å²) in [6, 6.07) is 13.1. The highest BCUT2D eigenvalue weighted by atomic mass is 35.5. The fourth-order valence-corrected chi connectivity index (χ4v) is 2.25. The van der Waals surface area contributed by atoms with Crippen molar-refractivity contribution in [1.29, 1.82) is 0 Å². The van der Waals surface area contributed by atoms with Crippen LogP contribution < -0.4 is 15.4 Å². The molecular weight excluding hydrogens is 372 g/mol. The topological polar surface area (TPSA) is 93.7 Å². The van der Waals surface area contributed by atoms with Crippen molar-refractivity contribution in [3.63, 3.8) is 0 Å². The highest BCUT2D eigenvalue weighted by Gasteiger charge is 2.18. The third-order valence-electron chi connectivity index (χ3n) is 3.30. The van der Waals surface area contributed by atoms with Gasteiger partial charge >= 0.3 is 5.97 Å². The lowest BCUT2D eigenvalue weighted by Crippen LogP contribution is -2.31. The number of rotatable bonds is 7. The molecule has 2 aromatic carbocycles. The number of esters is 1. The van der Waals surface area contributed by atoms with Crippen LogP contribution in [0.2, 0.25) is 5.02 Å². The molecule has 0 saturated carbocycles. The van der Waals surface area contributed by atoms with Crippen LogP contribution in [-0.4, -0.2) is 30.5 Å². The first kappa shape index (κ1) is 20.3. The number of hydrogen-bond donors (Lipinski definition) is 2. The molecule has 8 heteroatoms. The maximum Gasteiger partial charge on any atom is 0.344 e. The molecule has 0 aliphatic rings. The number of nitrogens with one attached hydrogen (secondary N) is 2. The third-order valence-corrected chi connectivity index (χ3v) is 3.54. The van der Waals surface area contributed by atoms with Gasteiger partial charge in [0.25, 0.3) is 5.91 Å². The van der Waals surface area contributed by atoms with Crippen LogP contribution in [0.3, 0.4) is 0 Å². The molecule has 7 nitrogen and oxygen atoms in total. The molecule has 1 atom stereocenters. The minimum absolute atomic E-state index is 0.188. The highest BCUT2D eigenvalue weighted by molar-refractivity contribution is 6.30. The molecule has 0 radical (unpaired) electrons. The summed E-state index contributed by atoms with van der Waals surface area (Å²) in [5.41, 5.74) is 1.12. The maximum absolute atomic E-state index is 12.1. The van der Waals surface area contributed by atoms with Crippen LogP contribution in [0.25, 0.3) is 0 Å². The Kier molecular flexibility index (Phi) is 7.19. The van der Waals surface area contributed by atoms with Gasteiger partial charge < -0.3 is 20.1 Å². The summed E-state index contributed by atoms with van der Waals surface area (Å²) in [4.78, 5) is 34.9. The Labute approximate surface area is 161 Å². The first-order chi connectivity index (χ1) is 12.8. The highest BCUT2D eigenvalue weighted by Crippen LogP contribution is 2.17. The second kappa shape index (κ2) is 9.59. The quantitative estimate of drug-likeness (QED) is 0.708. The smallest absolute Gasteiger partial charge is 0.344 e. The van der Waals surface area contributed by atoms with Crippen molar-refractivity contribution in [2.45, 2.75) is 20.0 Å². The monoisotopic (exact) mass is 390 g/mol. The van der Waals surface area contributed by atoms with Crippen molar-refractivity contribution in [2.24, 2.45) is 0 Å². The zero-order valence-corrected chi connectivity index (χ0v) is 15.6. The van der Waals surface area contributed by atoms with Crippen LogP contribution in [-0.2, 0) is 19.1 Å². The van der Waals surface area contributed by atoms with E-state index in [1.807, 2.05) is 0 Å². The van der Waals surface area contributed by atoms with E-state index in [4.69, 9.17) is 21.1 Å². The van der Waals surface area contributed by atoms with Crippen LogP contribution in [0.5, 0.6) is 5.75 Å². The average Bonchev–Trinajstić information content (AvgIpc) is 2.61. The SMILES string of the molecule is CC(=O)Nc1ccc(NC(=O)[C@@H](C)OC(=O)COc2cccc(Cl)c2)cc1. The van der Waals surface area contributed by atoms with Crippen molar-refractivity contribution in [3.8, 4) is 5.75 Å². The summed E-state index contributed by atoms with van der Waals surface area (Å²) in [5.74, 6) is -0.930. The summed E-state index contributed by atoms with van der Waals surface area (Å²) in [6.45, 7) is 2.52. The summed E-state index contributed by atoms with van der Waals surface area (Å²) >= 11 is 5.83. The maximum atomic E-state index is 12.1. The molecule has 2 rings (SSSR count). The van der Waals surface area contributed by atoms with E-state index >= 15 is 0 Å². The van der Waals surface area contributed by atoms with Crippen molar-refractivity contribution >= 4 is 40.8 Å². The van der Waals surface area contributed by atoms with Crippen molar-refractivity contribution in [2.75, 3.05) is 17.2 Å². The van der Waals surface area contributed by atoms with Crippen LogP contribution >= 0.6 is 11.6 Å². The van der Waals surface area contributed by atoms with Gasteiger partial charge in [-0.15, -0.1) is 0 Å². The molecule has 0 saturated heterocycles. The molecule has 2 aromatic rings. The van der Waals surface area contributed by atoms with E-state index in [-0.39, 0.29) is 12.5 Å². The minimum Gasteiger partial charge on any atom is -0.482 e. The Balaban J connectivity index is 1.80. The molecule has 27 heavy (non-hydrogen) atoms. The summed E-state index contributed by atoms with van der Waals surface area (Å²) in [6.07, 6.45) is -1.00. The Morgan fingerprint density at radius 2 is 1.67 bits per heavy atom. The van der Waals surface area contributed by atoms with Crippen LogP contribution in [0, 0.1) is 0 Å². The Morgan fingerprint density at radius 1 is 1.04 bits per heavy atom. The number of hydrogen-bond acceptors (Lipinski definition) is 5. The first-order valence-corrected chi connectivity index (χ1v) is 8.47. The lowest BCUT2D eigenvalue weighted by Gasteiger charge is -2.14. The molecule has 0 heterocycles. The molecule has 0 bridgehead atoms. The average molecular weight is 391 g/mol. The van der Waals surface area contributed by atoms with Crippen molar-refractivity contribution < 1.29 is 23.9 Å². The largest absolute Gasteiger partial charge is 0.482 e. The summed E-state index contributed by atoms with van der Waals surface area (Å²) in [5, 5.41) is 5.73. The second-order valence-electron chi connectivity index (χ2n) is 5.63. The fourth-order valence-electron chi connectivity index (χ4n) is 2.07.